The minimum atomic E-state index is -4.53. The Bertz CT molecular complexity index is 1290. The number of hydrogen-bond acceptors (Lipinski definition) is 5. The number of rotatable bonds is 6. The Morgan fingerprint density at radius 3 is 2.45 bits per heavy atom. The average molecular weight is 572 g/mol. The molecular formula is C25H30Cl2F3N7O. The van der Waals surface area contributed by atoms with Gasteiger partial charge in [0.1, 0.15) is 5.82 Å². The maximum Gasteiger partial charge on any atom is 0.416 e. The fourth-order valence-electron chi connectivity index (χ4n) is 4.51. The number of anilines is 1. The number of guanidine groups is 1. The Morgan fingerprint density at radius 2 is 1.76 bits per heavy atom. The second-order valence-electron chi connectivity index (χ2n) is 8.95. The van der Waals surface area contributed by atoms with Gasteiger partial charge in [-0.3, -0.25) is 10.2 Å². The summed E-state index contributed by atoms with van der Waals surface area (Å²) in [6.45, 7) is 1.61. The standard InChI is InChI=1S/C25H28F3N7O.2ClH/c1-14-10-11-18-16(12-14)21(33-19-8-4-5-9-20(19)34-24(29)30)35-22(32-18)23(36)31-13-15-6-2-3-7-17(15)25(26,27)28;;/h2-3,6-7,10-12,19-20H,4-5,8-9,13H2,1H3,(H,31,36)(H4,29,30,34)(H,32,33,35);2*1H/t19-,20+;;/m0../s1. The minimum Gasteiger partial charge on any atom is -0.370 e. The van der Waals surface area contributed by atoms with Crippen molar-refractivity contribution in [2.75, 3.05) is 5.32 Å². The molecular weight excluding hydrogens is 542 g/mol. The van der Waals surface area contributed by atoms with Crippen LogP contribution in [0.25, 0.3) is 10.9 Å². The number of carbonyl (C=O) groups excluding carboxylic acids is 1. The predicted octanol–water partition coefficient (Wildman–Crippen LogP) is 4.94. The van der Waals surface area contributed by atoms with Crippen molar-refractivity contribution in [2.45, 2.75) is 57.4 Å². The Balaban J connectivity index is 0.00000253. The smallest absolute Gasteiger partial charge is 0.370 e. The molecule has 13 heteroatoms. The Morgan fingerprint density at radius 1 is 1.08 bits per heavy atom. The van der Waals surface area contributed by atoms with E-state index in [2.05, 4.69) is 25.9 Å². The molecule has 0 radical (unpaired) electrons. The lowest BCUT2D eigenvalue weighted by Crippen LogP contribution is -2.50. The highest BCUT2D eigenvalue weighted by Gasteiger charge is 2.33. The first-order valence-electron chi connectivity index (χ1n) is 11.7. The normalized spacial score (nSPS) is 17.1. The third kappa shape index (κ3) is 7.38. The number of nitrogens with two attached hydrogens (primary N) is 1. The maximum atomic E-state index is 13.3. The van der Waals surface area contributed by atoms with Gasteiger partial charge in [-0.1, -0.05) is 42.7 Å². The van der Waals surface area contributed by atoms with E-state index in [1.54, 1.807) is 6.07 Å². The number of nitrogens with zero attached hydrogens (tertiary/aromatic N) is 2. The Labute approximate surface area is 230 Å². The first-order valence-corrected chi connectivity index (χ1v) is 11.7. The molecule has 1 amide bonds. The molecule has 1 fully saturated rings. The van der Waals surface area contributed by atoms with Gasteiger partial charge in [0.25, 0.3) is 5.91 Å². The van der Waals surface area contributed by atoms with E-state index in [9.17, 15) is 18.0 Å². The second kappa shape index (κ2) is 13.0. The summed E-state index contributed by atoms with van der Waals surface area (Å²) in [6, 6.07) is 10.5. The molecule has 6 N–H and O–H groups in total. The highest BCUT2D eigenvalue weighted by molar-refractivity contribution is 5.96. The molecule has 1 aromatic heterocycles. The Hall–Kier alpha value is -3.31. The van der Waals surface area contributed by atoms with Crippen molar-refractivity contribution in [1.29, 1.82) is 5.41 Å². The topological polar surface area (TPSA) is 129 Å². The number of aryl methyl sites for hydroxylation is 1. The van der Waals surface area contributed by atoms with E-state index in [0.29, 0.717) is 11.3 Å². The lowest BCUT2D eigenvalue weighted by Gasteiger charge is -2.33. The molecule has 2 atom stereocenters. The maximum absolute atomic E-state index is 13.3. The third-order valence-corrected chi connectivity index (χ3v) is 6.25. The monoisotopic (exact) mass is 571 g/mol. The molecule has 1 heterocycles. The molecule has 0 aliphatic heterocycles. The molecule has 3 aromatic rings. The van der Waals surface area contributed by atoms with Crippen LogP contribution in [-0.2, 0) is 12.7 Å². The van der Waals surface area contributed by atoms with Crippen LogP contribution in [0.1, 0.15) is 53.0 Å². The number of amides is 1. The summed E-state index contributed by atoms with van der Waals surface area (Å²) in [7, 11) is 0. The SMILES string of the molecule is Cc1ccc2nc(C(=O)NCc3ccccc3C(F)(F)F)nc(N[C@H]3CCCC[C@H]3NC(=N)N)c2c1.Cl.Cl. The van der Waals surface area contributed by atoms with Gasteiger partial charge >= 0.3 is 6.18 Å². The second-order valence-corrected chi connectivity index (χ2v) is 8.95. The summed E-state index contributed by atoms with van der Waals surface area (Å²) in [5.74, 6) is -0.493. The molecule has 0 bridgehead atoms. The fourth-order valence-corrected chi connectivity index (χ4v) is 4.51. The van der Waals surface area contributed by atoms with Gasteiger partial charge in [0, 0.05) is 24.0 Å². The summed E-state index contributed by atoms with van der Waals surface area (Å²) >= 11 is 0. The number of nitrogens with one attached hydrogen (secondary N) is 4. The van der Waals surface area contributed by atoms with E-state index in [1.165, 1.54) is 18.2 Å². The number of fused-ring (bicyclic) bond motifs is 1. The van der Waals surface area contributed by atoms with Crippen LogP contribution in [0, 0.1) is 12.3 Å². The molecule has 4 rings (SSSR count). The van der Waals surface area contributed by atoms with Crippen molar-refractivity contribution in [3.8, 4) is 0 Å². The highest BCUT2D eigenvalue weighted by Crippen LogP contribution is 2.32. The van der Waals surface area contributed by atoms with E-state index < -0.39 is 17.6 Å². The molecule has 1 aliphatic carbocycles. The molecule has 0 saturated heterocycles. The molecule has 1 saturated carbocycles. The van der Waals surface area contributed by atoms with Crippen LogP contribution in [0.2, 0.25) is 0 Å². The van der Waals surface area contributed by atoms with E-state index in [4.69, 9.17) is 11.1 Å². The van der Waals surface area contributed by atoms with Gasteiger partial charge in [0.15, 0.2) is 5.96 Å². The van der Waals surface area contributed by atoms with E-state index in [-0.39, 0.29) is 60.8 Å². The summed E-state index contributed by atoms with van der Waals surface area (Å²) in [5, 5.41) is 17.3. The molecule has 206 valence electrons. The zero-order valence-electron chi connectivity index (χ0n) is 20.6. The molecule has 2 aromatic carbocycles. The van der Waals surface area contributed by atoms with Crippen molar-refractivity contribution >= 4 is 53.4 Å². The molecule has 1 aliphatic rings. The van der Waals surface area contributed by atoms with Crippen molar-refractivity contribution in [2.24, 2.45) is 5.73 Å². The average Bonchev–Trinajstić information content (AvgIpc) is 2.83. The van der Waals surface area contributed by atoms with E-state index in [1.807, 2.05) is 19.1 Å². The number of alkyl halides is 3. The predicted molar refractivity (Wildman–Crippen MR) is 146 cm³/mol. The molecule has 8 nitrogen and oxygen atoms in total. The number of benzene rings is 2. The largest absolute Gasteiger partial charge is 0.416 e. The van der Waals surface area contributed by atoms with Crippen LogP contribution >= 0.6 is 24.8 Å². The molecule has 0 unspecified atom stereocenters. The fraction of sp³-hybridized carbons (Fsp3) is 0.360. The van der Waals surface area contributed by atoms with Crippen LogP contribution in [0.3, 0.4) is 0 Å². The van der Waals surface area contributed by atoms with Crippen molar-refractivity contribution in [3.05, 3.63) is 65.0 Å². The van der Waals surface area contributed by atoms with Gasteiger partial charge in [0.05, 0.1) is 11.1 Å². The van der Waals surface area contributed by atoms with Crippen LogP contribution in [0.15, 0.2) is 42.5 Å². The van der Waals surface area contributed by atoms with Crippen LogP contribution in [-0.4, -0.2) is 33.9 Å². The van der Waals surface area contributed by atoms with Gasteiger partial charge in [-0.15, -0.1) is 24.8 Å². The van der Waals surface area contributed by atoms with Crippen molar-refractivity contribution in [1.82, 2.24) is 20.6 Å². The molecule has 38 heavy (non-hydrogen) atoms. The van der Waals surface area contributed by atoms with Crippen LogP contribution < -0.4 is 21.7 Å². The number of carbonyl (C=O) groups is 1. The third-order valence-electron chi connectivity index (χ3n) is 6.25. The Kier molecular flexibility index (Phi) is 10.5. The minimum absolute atomic E-state index is 0. The lowest BCUT2D eigenvalue weighted by molar-refractivity contribution is -0.138. The van der Waals surface area contributed by atoms with Gasteiger partial charge < -0.3 is 21.7 Å². The zero-order valence-corrected chi connectivity index (χ0v) is 22.2. The van der Waals surface area contributed by atoms with Crippen LogP contribution in [0.5, 0.6) is 0 Å². The number of aromatic nitrogens is 2. The van der Waals surface area contributed by atoms with Gasteiger partial charge in [0.2, 0.25) is 5.82 Å². The first-order chi connectivity index (χ1) is 17.1. The van der Waals surface area contributed by atoms with Crippen molar-refractivity contribution < 1.29 is 18.0 Å². The highest BCUT2D eigenvalue weighted by atomic mass is 35.5. The summed E-state index contributed by atoms with van der Waals surface area (Å²) < 4.78 is 40.0. The van der Waals surface area contributed by atoms with Gasteiger partial charge in [-0.25, -0.2) is 9.97 Å². The summed E-state index contributed by atoms with van der Waals surface area (Å²) in [5.41, 5.74) is 6.23. The first kappa shape index (κ1) is 30.9. The summed E-state index contributed by atoms with van der Waals surface area (Å²) in [6.07, 6.45) is -0.898. The van der Waals surface area contributed by atoms with Crippen LogP contribution in [0.4, 0.5) is 19.0 Å². The van der Waals surface area contributed by atoms with Crippen molar-refractivity contribution in [3.63, 3.8) is 0 Å². The number of halogens is 5. The van der Waals surface area contributed by atoms with E-state index >= 15 is 0 Å². The zero-order chi connectivity index (χ0) is 25.9. The summed E-state index contributed by atoms with van der Waals surface area (Å²) in [4.78, 5) is 21.8. The van der Waals surface area contributed by atoms with Gasteiger partial charge in [-0.2, -0.15) is 13.2 Å². The number of hydrogen-bond donors (Lipinski definition) is 5. The van der Waals surface area contributed by atoms with Gasteiger partial charge in [-0.05, 0) is 43.5 Å². The molecule has 0 spiro atoms. The van der Waals surface area contributed by atoms with E-state index in [0.717, 1.165) is 42.7 Å². The quantitative estimate of drug-likeness (QED) is 0.210. The lowest BCUT2D eigenvalue weighted by atomic mass is 9.90.